The van der Waals surface area contributed by atoms with Crippen molar-refractivity contribution in [2.75, 3.05) is 25.0 Å². The number of nitrogens with one attached hydrogen (secondary N) is 1. The molecule has 0 aliphatic carbocycles. The van der Waals surface area contributed by atoms with Gasteiger partial charge in [0.05, 0.1) is 18.0 Å². The standard InChI is InChI=1S/C24H36N4O4S/c1-6-7-15-28(33(31,32)23-12-10-21(11-13-23)25-20(4)29)18-24(30)27(16-19(2)3)17-22-9-8-14-26(22)5/h8-14,19H,6-7,15-18H2,1-5H3,(H,25,29). The number of amides is 2. The molecule has 0 fully saturated rings. The van der Waals surface area contributed by atoms with E-state index in [9.17, 15) is 18.0 Å². The fourth-order valence-electron chi connectivity index (χ4n) is 3.48. The molecule has 1 heterocycles. The number of rotatable bonds is 12. The van der Waals surface area contributed by atoms with E-state index in [1.807, 2.05) is 50.7 Å². The lowest BCUT2D eigenvalue weighted by Gasteiger charge is -2.28. The summed E-state index contributed by atoms with van der Waals surface area (Å²) in [5.41, 5.74) is 1.50. The highest BCUT2D eigenvalue weighted by molar-refractivity contribution is 7.89. The summed E-state index contributed by atoms with van der Waals surface area (Å²) in [5, 5.41) is 2.63. The summed E-state index contributed by atoms with van der Waals surface area (Å²) in [5.74, 6) is -0.208. The molecule has 1 N–H and O–H groups in total. The molecule has 8 nitrogen and oxygen atoms in total. The molecule has 1 aromatic heterocycles. The van der Waals surface area contributed by atoms with E-state index in [2.05, 4.69) is 5.32 Å². The predicted molar refractivity (Wildman–Crippen MR) is 130 cm³/mol. The minimum Gasteiger partial charge on any atom is -0.353 e. The average molecular weight is 477 g/mol. The van der Waals surface area contributed by atoms with Gasteiger partial charge in [-0.1, -0.05) is 27.2 Å². The molecule has 0 aliphatic heterocycles. The van der Waals surface area contributed by atoms with Gasteiger partial charge in [0, 0.05) is 44.6 Å². The lowest BCUT2D eigenvalue weighted by molar-refractivity contribution is -0.132. The van der Waals surface area contributed by atoms with Crippen molar-refractivity contribution in [2.24, 2.45) is 13.0 Å². The Bertz CT molecular complexity index is 1030. The Morgan fingerprint density at radius 2 is 1.79 bits per heavy atom. The first-order valence-corrected chi connectivity index (χ1v) is 12.7. The van der Waals surface area contributed by atoms with Gasteiger partial charge in [0.25, 0.3) is 0 Å². The average Bonchev–Trinajstić information content (AvgIpc) is 3.14. The maximum absolute atomic E-state index is 13.4. The number of hydrogen-bond donors (Lipinski definition) is 1. The van der Waals surface area contributed by atoms with Gasteiger partial charge in [-0.25, -0.2) is 8.42 Å². The van der Waals surface area contributed by atoms with Crippen molar-refractivity contribution in [3.8, 4) is 0 Å². The number of aromatic nitrogens is 1. The van der Waals surface area contributed by atoms with Gasteiger partial charge in [-0.05, 0) is 48.7 Å². The van der Waals surface area contributed by atoms with Gasteiger partial charge < -0.3 is 14.8 Å². The van der Waals surface area contributed by atoms with Gasteiger partial charge in [0.1, 0.15) is 0 Å². The summed E-state index contributed by atoms with van der Waals surface area (Å²) < 4.78 is 30.0. The van der Waals surface area contributed by atoms with Crippen molar-refractivity contribution in [3.05, 3.63) is 48.3 Å². The molecule has 2 rings (SSSR count). The molecule has 33 heavy (non-hydrogen) atoms. The zero-order valence-corrected chi connectivity index (χ0v) is 21.1. The fourth-order valence-corrected chi connectivity index (χ4v) is 4.91. The van der Waals surface area contributed by atoms with Crippen LogP contribution in [0, 0.1) is 5.92 Å². The summed E-state index contributed by atoms with van der Waals surface area (Å²) in [6.45, 7) is 8.45. The molecular formula is C24H36N4O4S. The third-order valence-corrected chi connectivity index (χ3v) is 7.09. The molecule has 0 saturated carbocycles. The van der Waals surface area contributed by atoms with Crippen molar-refractivity contribution in [2.45, 2.75) is 52.0 Å². The number of carbonyl (C=O) groups excluding carboxylic acids is 2. The highest BCUT2D eigenvalue weighted by atomic mass is 32.2. The van der Waals surface area contributed by atoms with Gasteiger partial charge in [-0.15, -0.1) is 0 Å². The maximum atomic E-state index is 13.4. The molecule has 0 bridgehead atoms. The quantitative estimate of drug-likeness (QED) is 0.508. The Hall–Kier alpha value is -2.65. The monoisotopic (exact) mass is 476 g/mol. The van der Waals surface area contributed by atoms with Crippen molar-refractivity contribution < 1.29 is 18.0 Å². The van der Waals surface area contributed by atoms with E-state index in [4.69, 9.17) is 0 Å². The molecule has 0 spiro atoms. The van der Waals surface area contributed by atoms with Crippen LogP contribution in [0.3, 0.4) is 0 Å². The normalized spacial score (nSPS) is 11.7. The van der Waals surface area contributed by atoms with E-state index in [1.165, 1.54) is 23.4 Å². The number of nitrogens with zero attached hydrogens (tertiary/aromatic N) is 3. The Labute approximate surface area is 197 Å². The van der Waals surface area contributed by atoms with Crippen LogP contribution in [0.15, 0.2) is 47.5 Å². The number of hydrogen-bond acceptors (Lipinski definition) is 4. The minimum absolute atomic E-state index is 0.0957. The van der Waals surface area contributed by atoms with Crippen molar-refractivity contribution >= 4 is 27.5 Å². The first-order chi connectivity index (χ1) is 15.5. The van der Waals surface area contributed by atoms with Crippen LogP contribution in [0.5, 0.6) is 0 Å². The third-order valence-electron chi connectivity index (χ3n) is 5.23. The molecule has 2 amide bonds. The molecule has 0 atom stereocenters. The topological polar surface area (TPSA) is 91.7 Å². The molecule has 1 aromatic carbocycles. The first kappa shape index (κ1) is 26.6. The van der Waals surface area contributed by atoms with E-state index < -0.39 is 10.0 Å². The highest BCUT2D eigenvalue weighted by Gasteiger charge is 2.28. The van der Waals surface area contributed by atoms with E-state index >= 15 is 0 Å². The van der Waals surface area contributed by atoms with Crippen molar-refractivity contribution in [1.82, 2.24) is 13.8 Å². The van der Waals surface area contributed by atoms with E-state index in [0.717, 1.165) is 12.1 Å². The van der Waals surface area contributed by atoms with E-state index in [-0.39, 0.29) is 35.7 Å². The number of carbonyl (C=O) groups is 2. The fraction of sp³-hybridized carbons (Fsp3) is 0.500. The first-order valence-electron chi connectivity index (χ1n) is 11.3. The summed E-state index contributed by atoms with van der Waals surface area (Å²) in [6, 6.07) is 9.90. The third kappa shape index (κ3) is 7.71. The van der Waals surface area contributed by atoms with Crippen LogP contribution < -0.4 is 5.32 Å². The number of sulfonamides is 1. The molecule has 0 saturated heterocycles. The van der Waals surface area contributed by atoms with E-state index in [0.29, 0.717) is 25.2 Å². The van der Waals surface area contributed by atoms with Crippen LogP contribution in [0.25, 0.3) is 0 Å². The second-order valence-corrected chi connectivity index (χ2v) is 10.6. The second kappa shape index (κ2) is 12.0. The molecule has 0 aliphatic rings. The summed E-state index contributed by atoms with van der Waals surface area (Å²) in [4.78, 5) is 26.4. The molecular weight excluding hydrogens is 440 g/mol. The molecule has 0 unspecified atom stereocenters. The Morgan fingerprint density at radius 1 is 1.12 bits per heavy atom. The predicted octanol–water partition coefficient (Wildman–Crippen LogP) is 3.46. The molecule has 182 valence electrons. The van der Waals surface area contributed by atoms with Crippen molar-refractivity contribution in [3.63, 3.8) is 0 Å². The SMILES string of the molecule is CCCCN(CC(=O)N(Cc1cccn1C)CC(C)C)S(=O)(=O)c1ccc(NC(C)=O)cc1. The van der Waals surface area contributed by atoms with Crippen LogP contribution in [0.4, 0.5) is 5.69 Å². The lowest BCUT2D eigenvalue weighted by Crippen LogP contribution is -2.44. The smallest absolute Gasteiger partial charge is 0.243 e. The zero-order valence-electron chi connectivity index (χ0n) is 20.2. The Balaban J connectivity index is 2.26. The number of unbranched alkanes of at least 4 members (excludes halogenated alkanes) is 1. The van der Waals surface area contributed by atoms with Gasteiger partial charge in [-0.3, -0.25) is 9.59 Å². The number of anilines is 1. The number of benzene rings is 1. The minimum atomic E-state index is -3.88. The molecule has 2 aromatic rings. The molecule has 9 heteroatoms. The van der Waals surface area contributed by atoms with Gasteiger partial charge >= 0.3 is 0 Å². The van der Waals surface area contributed by atoms with Crippen molar-refractivity contribution in [1.29, 1.82) is 0 Å². The largest absolute Gasteiger partial charge is 0.353 e. The van der Waals surface area contributed by atoms with E-state index in [1.54, 1.807) is 17.0 Å². The van der Waals surface area contributed by atoms with Crippen LogP contribution in [-0.4, -0.2) is 53.6 Å². The molecule has 0 radical (unpaired) electrons. The lowest BCUT2D eigenvalue weighted by atomic mass is 10.2. The van der Waals surface area contributed by atoms with Gasteiger partial charge in [-0.2, -0.15) is 4.31 Å². The summed E-state index contributed by atoms with van der Waals surface area (Å²) in [6.07, 6.45) is 3.38. The maximum Gasteiger partial charge on any atom is 0.243 e. The van der Waals surface area contributed by atoms with Crippen LogP contribution in [-0.2, 0) is 33.2 Å². The van der Waals surface area contributed by atoms with Gasteiger partial charge in [0.2, 0.25) is 21.8 Å². The summed E-state index contributed by atoms with van der Waals surface area (Å²) in [7, 11) is -1.95. The number of aryl methyl sites for hydroxylation is 1. The summed E-state index contributed by atoms with van der Waals surface area (Å²) >= 11 is 0. The zero-order chi connectivity index (χ0) is 24.6. The highest BCUT2D eigenvalue weighted by Crippen LogP contribution is 2.20. The van der Waals surface area contributed by atoms with Crippen LogP contribution in [0.1, 0.15) is 46.2 Å². The second-order valence-electron chi connectivity index (χ2n) is 8.68. The van der Waals surface area contributed by atoms with Gasteiger partial charge in [0.15, 0.2) is 0 Å². The van der Waals surface area contributed by atoms with Crippen LogP contribution >= 0.6 is 0 Å². The van der Waals surface area contributed by atoms with Crippen LogP contribution in [0.2, 0.25) is 0 Å². The Morgan fingerprint density at radius 3 is 2.30 bits per heavy atom. The Kier molecular flexibility index (Phi) is 9.67.